The van der Waals surface area contributed by atoms with Crippen LogP contribution in [0.15, 0.2) is 48.5 Å². The van der Waals surface area contributed by atoms with Gasteiger partial charge in [-0.15, -0.1) is 11.8 Å². The lowest BCUT2D eigenvalue weighted by molar-refractivity contribution is -0.113. The number of aromatic nitrogens is 2. The lowest BCUT2D eigenvalue weighted by Crippen LogP contribution is -2.15. The van der Waals surface area contributed by atoms with Crippen LogP contribution >= 0.6 is 11.8 Å². The first kappa shape index (κ1) is 18.5. The number of thioether (sulfide) groups is 1. The zero-order chi connectivity index (χ0) is 18.7. The van der Waals surface area contributed by atoms with Gasteiger partial charge in [0.25, 0.3) is 0 Å². The van der Waals surface area contributed by atoms with E-state index < -0.39 is 0 Å². The van der Waals surface area contributed by atoms with Crippen LogP contribution in [0, 0.1) is 0 Å². The van der Waals surface area contributed by atoms with Crippen molar-refractivity contribution >= 4 is 34.4 Å². The molecule has 0 aliphatic heterocycles. The summed E-state index contributed by atoms with van der Waals surface area (Å²) in [5, 5.41) is 3.09. The molecule has 0 aliphatic rings. The number of aromatic amines is 1. The monoisotopic (exact) mass is 367 g/mol. The molecule has 0 fully saturated rings. The number of imidazole rings is 1. The highest BCUT2D eigenvalue weighted by Crippen LogP contribution is 2.28. The Labute approximate surface area is 158 Å². The molecule has 0 spiro atoms. The van der Waals surface area contributed by atoms with Gasteiger partial charge in [-0.25, -0.2) is 4.98 Å². The second-order valence-electron chi connectivity index (χ2n) is 7.47. The van der Waals surface area contributed by atoms with Gasteiger partial charge in [-0.1, -0.05) is 45.0 Å². The van der Waals surface area contributed by atoms with Crippen LogP contribution in [0.2, 0.25) is 0 Å². The number of amides is 1. The number of hydrogen-bond acceptors (Lipinski definition) is 3. The molecule has 136 valence electrons. The van der Waals surface area contributed by atoms with Gasteiger partial charge >= 0.3 is 0 Å². The van der Waals surface area contributed by atoms with Crippen LogP contribution in [-0.2, 0) is 10.2 Å². The first-order chi connectivity index (χ1) is 12.3. The first-order valence-electron chi connectivity index (χ1n) is 8.79. The highest BCUT2D eigenvalue weighted by atomic mass is 32.2. The minimum Gasteiger partial charge on any atom is -0.341 e. The lowest BCUT2D eigenvalue weighted by atomic mass is 9.87. The third-order valence-corrected chi connectivity index (χ3v) is 5.44. The molecular weight excluding hydrogens is 342 g/mol. The van der Waals surface area contributed by atoms with Crippen LogP contribution in [0.3, 0.4) is 0 Å². The third kappa shape index (κ3) is 4.47. The summed E-state index contributed by atoms with van der Waals surface area (Å²) in [4.78, 5) is 20.2. The number of carbonyl (C=O) groups is 1. The summed E-state index contributed by atoms with van der Waals surface area (Å²) in [6.07, 6.45) is 0. The smallest absolute Gasteiger partial charge is 0.234 e. The molecule has 0 radical (unpaired) electrons. The van der Waals surface area contributed by atoms with Crippen molar-refractivity contribution in [2.45, 2.75) is 38.4 Å². The summed E-state index contributed by atoms with van der Waals surface area (Å²) in [6, 6.07) is 16.0. The molecule has 1 heterocycles. The molecule has 1 unspecified atom stereocenters. The van der Waals surface area contributed by atoms with Crippen LogP contribution < -0.4 is 5.32 Å². The van der Waals surface area contributed by atoms with Crippen LogP contribution in [0.5, 0.6) is 0 Å². The number of hydrogen-bond donors (Lipinski definition) is 2. The van der Waals surface area contributed by atoms with Crippen molar-refractivity contribution in [2.24, 2.45) is 0 Å². The van der Waals surface area contributed by atoms with Crippen molar-refractivity contribution < 1.29 is 4.79 Å². The van der Waals surface area contributed by atoms with Gasteiger partial charge in [-0.3, -0.25) is 4.79 Å². The SMILES string of the molecule is CC(SCC(=O)Nc1ccc(C(C)(C)C)cc1)c1nc2ccccc2[nH]1. The molecule has 2 N–H and O–H groups in total. The Bertz CT molecular complexity index is 861. The standard InChI is InChI=1S/C21H25N3OS/c1-14(20-23-17-7-5-6-8-18(17)24-20)26-13-19(25)22-16-11-9-15(10-12-16)21(2,3)4/h5-12,14H,13H2,1-4H3,(H,22,25)(H,23,24). The van der Waals surface area contributed by atoms with E-state index in [4.69, 9.17) is 0 Å². The Hall–Kier alpha value is -2.27. The molecule has 0 bridgehead atoms. The van der Waals surface area contributed by atoms with E-state index in [0.29, 0.717) is 5.75 Å². The summed E-state index contributed by atoms with van der Waals surface area (Å²) >= 11 is 1.57. The highest BCUT2D eigenvalue weighted by Gasteiger charge is 2.15. The summed E-state index contributed by atoms with van der Waals surface area (Å²) in [5.41, 5.74) is 4.18. The zero-order valence-corrected chi connectivity index (χ0v) is 16.5. The maximum absolute atomic E-state index is 12.2. The molecule has 0 saturated carbocycles. The summed E-state index contributed by atoms with van der Waals surface area (Å²) in [6.45, 7) is 8.60. The van der Waals surface area contributed by atoms with E-state index in [0.717, 1.165) is 22.5 Å². The highest BCUT2D eigenvalue weighted by molar-refractivity contribution is 8.00. The zero-order valence-electron chi connectivity index (χ0n) is 15.7. The number of benzene rings is 2. The van der Waals surface area contributed by atoms with Gasteiger partial charge in [0.15, 0.2) is 0 Å². The second kappa shape index (κ2) is 7.54. The molecule has 1 amide bonds. The van der Waals surface area contributed by atoms with E-state index in [1.807, 2.05) is 36.4 Å². The Morgan fingerprint density at radius 1 is 1.15 bits per heavy atom. The average Bonchev–Trinajstić information content (AvgIpc) is 3.03. The maximum atomic E-state index is 12.2. The first-order valence-corrected chi connectivity index (χ1v) is 9.84. The number of H-pyrrole nitrogens is 1. The van der Waals surface area contributed by atoms with E-state index in [1.54, 1.807) is 11.8 Å². The van der Waals surface area contributed by atoms with Gasteiger partial charge in [0.1, 0.15) is 5.82 Å². The molecule has 3 aromatic rings. The van der Waals surface area contributed by atoms with Crippen molar-refractivity contribution in [1.29, 1.82) is 0 Å². The van der Waals surface area contributed by atoms with Crippen molar-refractivity contribution in [3.05, 3.63) is 59.9 Å². The summed E-state index contributed by atoms with van der Waals surface area (Å²) in [7, 11) is 0. The summed E-state index contributed by atoms with van der Waals surface area (Å²) in [5.74, 6) is 1.29. The molecule has 26 heavy (non-hydrogen) atoms. The molecule has 3 rings (SSSR count). The number of para-hydroxylation sites is 2. The quantitative estimate of drug-likeness (QED) is 0.644. The molecule has 1 atom stereocenters. The Balaban J connectivity index is 1.55. The Morgan fingerprint density at radius 3 is 2.50 bits per heavy atom. The number of fused-ring (bicyclic) bond motifs is 1. The van der Waals surface area contributed by atoms with Crippen LogP contribution in [0.1, 0.15) is 44.3 Å². The topological polar surface area (TPSA) is 57.8 Å². The predicted octanol–water partition coefficient (Wildman–Crippen LogP) is 5.29. The van der Waals surface area contributed by atoms with Crippen LogP contribution in [0.25, 0.3) is 11.0 Å². The minimum absolute atomic E-state index is 0.00136. The van der Waals surface area contributed by atoms with E-state index in [-0.39, 0.29) is 16.6 Å². The van der Waals surface area contributed by atoms with Crippen LogP contribution in [0.4, 0.5) is 5.69 Å². The second-order valence-corrected chi connectivity index (χ2v) is 8.80. The van der Waals surface area contributed by atoms with E-state index in [9.17, 15) is 4.79 Å². The minimum atomic E-state index is 0.00136. The van der Waals surface area contributed by atoms with Gasteiger partial charge in [0, 0.05) is 5.69 Å². The van der Waals surface area contributed by atoms with Crippen molar-refractivity contribution in [2.75, 3.05) is 11.1 Å². The lowest BCUT2D eigenvalue weighted by Gasteiger charge is -2.19. The predicted molar refractivity (Wildman–Crippen MR) is 111 cm³/mol. The summed E-state index contributed by atoms with van der Waals surface area (Å²) < 4.78 is 0. The number of nitrogens with zero attached hydrogens (tertiary/aromatic N) is 1. The molecular formula is C21H25N3OS. The fourth-order valence-corrected chi connectivity index (χ4v) is 3.44. The number of carbonyl (C=O) groups excluding carboxylic acids is 1. The van der Waals surface area contributed by atoms with Crippen molar-refractivity contribution in [3.63, 3.8) is 0 Å². The third-order valence-electron chi connectivity index (χ3n) is 4.29. The van der Waals surface area contributed by atoms with Crippen molar-refractivity contribution in [1.82, 2.24) is 9.97 Å². The largest absolute Gasteiger partial charge is 0.341 e. The fraction of sp³-hybridized carbons (Fsp3) is 0.333. The normalized spacial score (nSPS) is 12.9. The van der Waals surface area contributed by atoms with E-state index in [1.165, 1.54) is 5.56 Å². The molecule has 0 saturated heterocycles. The number of rotatable bonds is 5. The van der Waals surface area contributed by atoms with E-state index >= 15 is 0 Å². The molecule has 2 aromatic carbocycles. The Kier molecular flexibility index (Phi) is 5.37. The number of anilines is 1. The molecule has 0 aliphatic carbocycles. The number of nitrogens with one attached hydrogen (secondary N) is 2. The van der Waals surface area contributed by atoms with E-state index in [2.05, 4.69) is 55.1 Å². The van der Waals surface area contributed by atoms with Crippen LogP contribution in [-0.4, -0.2) is 21.6 Å². The van der Waals surface area contributed by atoms with Crippen molar-refractivity contribution in [3.8, 4) is 0 Å². The maximum Gasteiger partial charge on any atom is 0.234 e. The Morgan fingerprint density at radius 2 is 1.85 bits per heavy atom. The molecule has 4 nitrogen and oxygen atoms in total. The average molecular weight is 368 g/mol. The van der Waals surface area contributed by atoms with Gasteiger partial charge in [-0.2, -0.15) is 0 Å². The molecule has 5 heteroatoms. The van der Waals surface area contributed by atoms with Gasteiger partial charge in [-0.05, 0) is 42.2 Å². The molecule has 1 aromatic heterocycles. The van der Waals surface area contributed by atoms with Gasteiger partial charge < -0.3 is 10.3 Å². The van der Waals surface area contributed by atoms with Gasteiger partial charge in [0.2, 0.25) is 5.91 Å². The van der Waals surface area contributed by atoms with Gasteiger partial charge in [0.05, 0.1) is 22.0 Å². The fourth-order valence-electron chi connectivity index (χ4n) is 2.70.